The average Bonchev–Trinajstić information content (AvgIpc) is 3.70. The maximum atomic E-state index is 13.5. The van der Waals surface area contributed by atoms with Crippen LogP contribution in [0.25, 0.3) is 21.8 Å². The van der Waals surface area contributed by atoms with E-state index in [4.69, 9.17) is 9.47 Å². The minimum absolute atomic E-state index is 0.0225. The van der Waals surface area contributed by atoms with Crippen molar-refractivity contribution in [2.24, 2.45) is 9.98 Å². The molecule has 0 unspecified atom stereocenters. The number of halogens is 2. The number of aliphatic imine (C=N–C) groups is 2. The number of hydrogen-bond donors (Lipinski definition) is 6. The molecule has 2 aliphatic heterocycles. The van der Waals surface area contributed by atoms with Crippen LogP contribution in [-0.4, -0.2) is 121 Å². The maximum absolute atomic E-state index is 13.5. The van der Waals surface area contributed by atoms with Gasteiger partial charge >= 0.3 is 0 Å². The molecule has 6 N–H and O–H groups in total. The van der Waals surface area contributed by atoms with Crippen molar-refractivity contribution in [2.75, 3.05) is 89.4 Å². The van der Waals surface area contributed by atoms with Gasteiger partial charge in [-0.25, -0.2) is 8.78 Å². The Bertz CT molecular complexity index is 2240. The lowest BCUT2D eigenvalue weighted by Crippen LogP contribution is -2.38. The highest BCUT2D eigenvalue weighted by atomic mass is 19.1. The number of aromatic amines is 2. The summed E-state index contributed by atoms with van der Waals surface area (Å²) in [6.07, 6.45) is 3.14. The zero-order valence-electron chi connectivity index (χ0n) is 31.0. The number of aromatic nitrogens is 2. The summed E-state index contributed by atoms with van der Waals surface area (Å²) in [7, 11) is 0. The highest BCUT2D eigenvalue weighted by molar-refractivity contribution is 6.03. The lowest BCUT2D eigenvalue weighted by atomic mass is 10.2. The van der Waals surface area contributed by atoms with Crippen molar-refractivity contribution in [1.82, 2.24) is 19.8 Å². The first kappa shape index (κ1) is 38.5. The van der Waals surface area contributed by atoms with Crippen molar-refractivity contribution in [3.63, 3.8) is 0 Å². The predicted octanol–water partition coefficient (Wildman–Crippen LogP) is 7.01. The number of morpholine rings is 2. The summed E-state index contributed by atoms with van der Waals surface area (Å²) in [5.41, 5.74) is 5.82. The average molecular weight is 765 g/mol. The molecule has 4 heterocycles. The Hall–Kier alpha value is -5.80. The molecule has 0 aliphatic carbocycles. The Balaban J connectivity index is 0.000000172. The van der Waals surface area contributed by atoms with Crippen molar-refractivity contribution in [2.45, 2.75) is 0 Å². The van der Waals surface area contributed by atoms with Gasteiger partial charge in [0.05, 0.1) is 54.4 Å². The number of rotatable bonds is 12. The summed E-state index contributed by atoms with van der Waals surface area (Å²) in [4.78, 5) is 19.2. The molecule has 0 spiro atoms. The van der Waals surface area contributed by atoms with Crippen LogP contribution < -0.4 is 10.6 Å². The van der Waals surface area contributed by atoms with E-state index >= 15 is 0 Å². The SMILES string of the molecule is Oc1[nH]c2cc(F)ccc2c1C=Nc1ccc(NCCN2CCOCC2)cc1.Oc1[nH]c2ccc(F)cc2c1C=Nc1ccc(NCCN2CCOCC2)cc1. The number of anilines is 2. The van der Waals surface area contributed by atoms with Gasteiger partial charge in [-0.3, -0.25) is 19.8 Å². The molecule has 0 amide bonds. The molecule has 2 saturated heterocycles. The molecule has 14 heteroatoms. The van der Waals surface area contributed by atoms with Crippen LogP contribution in [-0.2, 0) is 9.47 Å². The molecule has 0 bridgehead atoms. The topological polar surface area (TPSA) is 146 Å². The summed E-state index contributed by atoms with van der Waals surface area (Å²) < 4.78 is 37.5. The van der Waals surface area contributed by atoms with E-state index in [2.05, 4.69) is 40.4 Å². The number of fused-ring (bicyclic) bond motifs is 2. The first-order chi connectivity index (χ1) is 27.4. The van der Waals surface area contributed by atoms with Crippen molar-refractivity contribution < 1.29 is 28.5 Å². The molecule has 0 saturated carbocycles. The van der Waals surface area contributed by atoms with Gasteiger partial charge in [-0.05, 0) is 84.9 Å². The lowest BCUT2D eigenvalue weighted by molar-refractivity contribution is 0.0398. The Morgan fingerprint density at radius 2 is 1.05 bits per heavy atom. The number of ether oxygens (including phenoxy) is 2. The summed E-state index contributed by atoms with van der Waals surface area (Å²) in [5, 5.41) is 28.3. The quantitative estimate of drug-likeness (QED) is 0.0731. The second kappa shape index (κ2) is 18.7. The fraction of sp³-hybridized carbons (Fsp3) is 0.286. The fourth-order valence-electron chi connectivity index (χ4n) is 6.58. The van der Waals surface area contributed by atoms with Gasteiger partial charge in [-0.1, -0.05) is 0 Å². The van der Waals surface area contributed by atoms with E-state index in [0.717, 1.165) is 107 Å². The number of nitrogens with one attached hydrogen (secondary N) is 4. The van der Waals surface area contributed by atoms with E-state index in [1.54, 1.807) is 24.6 Å². The predicted molar refractivity (Wildman–Crippen MR) is 219 cm³/mol. The van der Waals surface area contributed by atoms with Crippen molar-refractivity contribution in [3.05, 3.63) is 108 Å². The maximum Gasteiger partial charge on any atom is 0.198 e. The third-order valence-electron chi connectivity index (χ3n) is 9.70. The Morgan fingerprint density at radius 3 is 1.59 bits per heavy atom. The van der Waals surface area contributed by atoms with Crippen LogP contribution in [0, 0.1) is 11.6 Å². The fourth-order valence-corrected chi connectivity index (χ4v) is 6.58. The molecular weight excluding hydrogens is 719 g/mol. The second-order valence-corrected chi connectivity index (χ2v) is 13.5. The summed E-state index contributed by atoms with van der Waals surface area (Å²) in [6, 6.07) is 24.2. The zero-order valence-corrected chi connectivity index (χ0v) is 31.0. The Kier molecular flexibility index (Phi) is 12.8. The van der Waals surface area contributed by atoms with Gasteiger partial charge < -0.3 is 40.3 Å². The smallest absolute Gasteiger partial charge is 0.198 e. The van der Waals surface area contributed by atoms with Crippen LogP contribution in [0.4, 0.5) is 31.5 Å². The minimum atomic E-state index is -0.353. The van der Waals surface area contributed by atoms with Crippen LogP contribution in [0.1, 0.15) is 11.1 Å². The van der Waals surface area contributed by atoms with Gasteiger partial charge in [0.25, 0.3) is 0 Å². The molecule has 6 aromatic rings. The van der Waals surface area contributed by atoms with Gasteiger partial charge in [0.15, 0.2) is 11.8 Å². The highest BCUT2D eigenvalue weighted by Gasteiger charge is 2.12. The van der Waals surface area contributed by atoms with Crippen LogP contribution in [0.15, 0.2) is 94.9 Å². The second-order valence-electron chi connectivity index (χ2n) is 13.5. The largest absolute Gasteiger partial charge is 0.494 e. The van der Waals surface area contributed by atoms with Crippen molar-refractivity contribution in [1.29, 1.82) is 0 Å². The van der Waals surface area contributed by atoms with Crippen LogP contribution in [0.2, 0.25) is 0 Å². The lowest BCUT2D eigenvalue weighted by Gasteiger charge is -2.26. The molecular formula is C42H46F2N8O4. The van der Waals surface area contributed by atoms with Crippen LogP contribution >= 0.6 is 0 Å². The first-order valence-electron chi connectivity index (χ1n) is 18.7. The van der Waals surface area contributed by atoms with E-state index in [9.17, 15) is 19.0 Å². The number of hydrogen-bond acceptors (Lipinski definition) is 10. The molecule has 2 fully saturated rings. The molecule has 12 nitrogen and oxygen atoms in total. The third-order valence-corrected chi connectivity index (χ3v) is 9.70. The van der Waals surface area contributed by atoms with E-state index in [-0.39, 0.29) is 23.4 Å². The Morgan fingerprint density at radius 1 is 0.589 bits per heavy atom. The summed E-state index contributed by atoms with van der Waals surface area (Å²) >= 11 is 0. The zero-order chi connectivity index (χ0) is 38.7. The number of aromatic hydroxyl groups is 2. The van der Waals surface area contributed by atoms with E-state index in [1.807, 2.05) is 48.5 Å². The highest BCUT2D eigenvalue weighted by Crippen LogP contribution is 2.28. The Labute approximate surface area is 323 Å². The van der Waals surface area contributed by atoms with Crippen molar-refractivity contribution >= 4 is 57.0 Å². The number of H-pyrrole nitrogens is 2. The number of benzene rings is 4. The molecule has 0 atom stereocenters. The molecule has 4 aromatic carbocycles. The van der Waals surface area contributed by atoms with Crippen LogP contribution in [0.3, 0.4) is 0 Å². The van der Waals surface area contributed by atoms with Crippen LogP contribution in [0.5, 0.6) is 11.8 Å². The first-order valence-corrected chi connectivity index (χ1v) is 18.7. The van der Waals surface area contributed by atoms with E-state index in [1.165, 1.54) is 24.3 Å². The van der Waals surface area contributed by atoms with Crippen molar-refractivity contribution in [3.8, 4) is 11.8 Å². The normalized spacial score (nSPS) is 15.5. The number of nitrogens with zero attached hydrogens (tertiary/aromatic N) is 4. The minimum Gasteiger partial charge on any atom is -0.494 e. The molecule has 0 radical (unpaired) electrons. The molecule has 2 aromatic heterocycles. The van der Waals surface area contributed by atoms with Gasteiger partial charge in [-0.15, -0.1) is 0 Å². The van der Waals surface area contributed by atoms with E-state index < -0.39 is 0 Å². The van der Waals surface area contributed by atoms with E-state index in [0.29, 0.717) is 27.5 Å². The van der Waals surface area contributed by atoms with Gasteiger partial charge in [0, 0.05) is 92.5 Å². The summed E-state index contributed by atoms with van der Waals surface area (Å²) in [6.45, 7) is 10.9. The van der Waals surface area contributed by atoms with Gasteiger partial charge in [0.2, 0.25) is 0 Å². The third kappa shape index (κ3) is 10.3. The monoisotopic (exact) mass is 764 g/mol. The molecule has 8 rings (SSSR count). The molecule has 56 heavy (non-hydrogen) atoms. The summed E-state index contributed by atoms with van der Waals surface area (Å²) in [5.74, 6) is -0.751. The molecule has 292 valence electrons. The van der Waals surface area contributed by atoms with Gasteiger partial charge in [0.1, 0.15) is 11.6 Å². The standard InChI is InChI=1S/2C21H23FN4O2/c22-15-1-6-20-18(13-15)19(21(27)25-20)14-24-17-4-2-16(3-5-17)23-7-8-26-9-11-28-12-10-26;22-15-1-6-18-19(21(27)25-20(18)13-15)14-24-17-4-2-16(3-5-17)23-7-8-26-9-11-28-12-10-26/h2*1-6,13-14,23,25,27H,7-12H2. The molecule has 2 aliphatic rings. The van der Waals surface area contributed by atoms with Gasteiger partial charge in [-0.2, -0.15) is 0 Å².